The first-order chi connectivity index (χ1) is 15.8. The van der Waals surface area contributed by atoms with Crippen molar-refractivity contribution in [3.8, 4) is 5.75 Å². The lowest BCUT2D eigenvalue weighted by molar-refractivity contribution is 0.0380. The zero-order valence-electron chi connectivity index (χ0n) is 19.1. The van der Waals surface area contributed by atoms with Gasteiger partial charge in [-0.05, 0) is 43.5 Å². The third kappa shape index (κ3) is 4.46. The van der Waals surface area contributed by atoms with Crippen molar-refractivity contribution in [3.05, 3.63) is 102 Å². The van der Waals surface area contributed by atoms with Crippen molar-refractivity contribution >= 4 is 0 Å². The van der Waals surface area contributed by atoms with E-state index in [0.717, 1.165) is 25.4 Å². The molecule has 2 aliphatic rings. The largest absolute Gasteiger partial charge is 0.494 e. The van der Waals surface area contributed by atoms with Crippen LogP contribution < -0.4 is 4.74 Å². The maximum Gasteiger partial charge on any atom is 0.123 e. The molecule has 3 nitrogen and oxygen atoms in total. The number of nitrogens with zero attached hydrogens (tertiary/aromatic N) is 2. The molecule has 32 heavy (non-hydrogen) atoms. The Labute approximate surface area is 192 Å². The molecular formula is C29H34N2O. The molecule has 0 spiro atoms. The summed E-state index contributed by atoms with van der Waals surface area (Å²) in [7, 11) is 0. The Morgan fingerprint density at radius 3 is 2.19 bits per heavy atom. The van der Waals surface area contributed by atoms with E-state index < -0.39 is 0 Å². The molecule has 3 aromatic carbocycles. The molecule has 5 rings (SSSR count). The van der Waals surface area contributed by atoms with Crippen molar-refractivity contribution in [1.29, 1.82) is 0 Å². The first-order valence-electron chi connectivity index (χ1n) is 12.1. The molecule has 0 N–H and O–H groups in total. The van der Waals surface area contributed by atoms with E-state index in [4.69, 9.17) is 4.74 Å². The van der Waals surface area contributed by atoms with Crippen LogP contribution in [0.1, 0.15) is 42.4 Å². The van der Waals surface area contributed by atoms with Gasteiger partial charge in [-0.1, -0.05) is 78.9 Å². The maximum absolute atomic E-state index is 5.94. The molecule has 0 aromatic heterocycles. The van der Waals surface area contributed by atoms with Gasteiger partial charge < -0.3 is 4.74 Å². The van der Waals surface area contributed by atoms with Crippen LogP contribution in [0.4, 0.5) is 0 Å². The van der Waals surface area contributed by atoms with Gasteiger partial charge in [0.05, 0.1) is 6.61 Å². The van der Waals surface area contributed by atoms with E-state index in [0.29, 0.717) is 24.6 Å². The molecular weight excluding hydrogens is 392 g/mol. The van der Waals surface area contributed by atoms with Gasteiger partial charge in [0, 0.05) is 43.2 Å². The number of rotatable bonds is 7. The van der Waals surface area contributed by atoms with E-state index in [1.807, 2.05) is 0 Å². The van der Waals surface area contributed by atoms with Crippen molar-refractivity contribution in [3.63, 3.8) is 0 Å². The molecule has 0 aliphatic carbocycles. The van der Waals surface area contributed by atoms with Gasteiger partial charge in [-0.3, -0.25) is 9.80 Å². The molecule has 2 aliphatic heterocycles. The highest BCUT2D eigenvalue weighted by molar-refractivity contribution is 5.36. The molecule has 3 aromatic rings. The van der Waals surface area contributed by atoms with Crippen LogP contribution in [-0.2, 0) is 6.54 Å². The van der Waals surface area contributed by atoms with Gasteiger partial charge in [0.1, 0.15) is 5.75 Å². The maximum atomic E-state index is 5.94. The van der Waals surface area contributed by atoms with Crippen molar-refractivity contribution in [2.75, 3.05) is 26.2 Å². The van der Waals surface area contributed by atoms with Crippen LogP contribution in [-0.4, -0.2) is 48.1 Å². The van der Waals surface area contributed by atoms with Crippen LogP contribution in [0.2, 0.25) is 0 Å². The summed E-state index contributed by atoms with van der Waals surface area (Å²) in [5.74, 6) is 1.41. The molecule has 0 saturated carbocycles. The third-order valence-electron chi connectivity index (χ3n) is 7.13. The second-order valence-corrected chi connectivity index (χ2v) is 9.14. The van der Waals surface area contributed by atoms with Crippen LogP contribution in [0.3, 0.4) is 0 Å². The van der Waals surface area contributed by atoms with Crippen molar-refractivity contribution in [1.82, 2.24) is 9.80 Å². The second-order valence-electron chi connectivity index (χ2n) is 9.14. The zero-order valence-corrected chi connectivity index (χ0v) is 19.1. The summed E-state index contributed by atoms with van der Waals surface area (Å²) in [6.45, 7) is 7.16. The van der Waals surface area contributed by atoms with Crippen molar-refractivity contribution < 1.29 is 4.74 Å². The predicted molar refractivity (Wildman–Crippen MR) is 131 cm³/mol. The van der Waals surface area contributed by atoms with Gasteiger partial charge in [0.15, 0.2) is 0 Å². The Morgan fingerprint density at radius 2 is 1.50 bits per heavy atom. The van der Waals surface area contributed by atoms with Crippen LogP contribution >= 0.6 is 0 Å². The molecule has 2 fully saturated rings. The Morgan fingerprint density at radius 1 is 0.844 bits per heavy atom. The summed E-state index contributed by atoms with van der Waals surface area (Å²) in [5, 5.41) is 0. The fraction of sp³-hybridized carbons (Fsp3) is 0.379. The van der Waals surface area contributed by atoms with Gasteiger partial charge in [-0.15, -0.1) is 0 Å². The standard InChI is InChI=1S/C29H34N2O/c1-2-32-28-18-10-9-16-25(28)20-30-21-26-17-11-19-31(26)27(22-30)29(23-12-5-3-6-13-23)24-14-7-4-8-15-24/h3-10,12-16,18,26-27,29H,2,11,17,19-22H2,1H3/t26-,27-/m0/s1. The summed E-state index contributed by atoms with van der Waals surface area (Å²) >= 11 is 0. The van der Waals surface area contributed by atoms with Gasteiger partial charge in [0.2, 0.25) is 0 Å². The Balaban J connectivity index is 1.47. The fourth-order valence-corrected chi connectivity index (χ4v) is 5.79. The Hall–Kier alpha value is -2.62. The molecule has 3 heteroatoms. The first-order valence-corrected chi connectivity index (χ1v) is 12.1. The number of hydrogen-bond acceptors (Lipinski definition) is 3. The zero-order chi connectivity index (χ0) is 21.8. The van der Waals surface area contributed by atoms with Gasteiger partial charge >= 0.3 is 0 Å². The second kappa shape index (κ2) is 9.89. The third-order valence-corrected chi connectivity index (χ3v) is 7.13. The summed E-state index contributed by atoms with van der Waals surface area (Å²) in [6.07, 6.45) is 2.61. The number of hydrogen-bond donors (Lipinski definition) is 0. The van der Waals surface area contributed by atoms with Crippen molar-refractivity contribution in [2.24, 2.45) is 0 Å². The summed E-state index contributed by atoms with van der Waals surface area (Å²) < 4.78 is 5.94. The molecule has 2 atom stereocenters. The minimum absolute atomic E-state index is 0.378. The summed E-state index contributed by atoms with van der Waals surface area (Å²) in [6, 6.07) is 31.9. The molecule has 0 unspecified atom stereocenters. The smallest absolute Gasteiger partial charge is 0.123 e. The lowest BCUT2D eigenvalue weighted by Gasteiger charge is -2.47. The molecule has 2 heterocycles. The van der Waals surface area contributed by atoms with Gasteiger partial charge in [0.25, 0.3) is 0 Å². The minimum Gasteiger partial charge on any atom is -0.494 e. The van der Waals surface area contributed by atoms with Crippen molar-refractivity contribution in [2.45, 2.75) is 44.3 Å². The molecule has 166 valence electrons. The number of ether oxygens (including phenoxy) is 1. The normalized spacial score (nSPS) is 21.6. The Bertz CT molecular complexity index is 951. The average molecular weight is 427 g/mol. The van der Waals surface area contributed by atoms with Crippen LogP contribution in [0.5, 0.6) is 5.75 Å². The monoisotopic (exact) mass is 426 g/mol. The number of para-hydroxylation sites is 1. The Kier molecular flexibility index (Phi) is 6.56. The fourth-order valence-electron chi connectivity index (χ4n) is 5.79. The van der Waals surface area contributed by atoms with Crippen LogP contribution in [0.15, 0.2) is 84.9 Å². The molecule has 0 bridgehead atoms. The summed E-state index contributed by atoms with van der Waals surface area (Å²) in [5.41, 5.74) is 4.15. The van der Waals surface area contributed by atoms with E-state index >= 15 is 0 Å². The van der Waals surface area contributed by atoms with E-state index in [1.54, 1.807) is 0 Å². The predicted octanol–water partition coefficient (Wildman–Crippen LogP) is 5.57. The lowest BCUT2D eigenvalue weighted by atomic mass is 9.82. The average Bonchev–Trinajstić information content (AvgIpc) is 3.31. The molecule has 0 amide bonds. The molecule has 0 radical (unpaired) electrons. The van der Waals surface area contributed by atoms with Gasteiger partial charge in [-0.25, -0.2) is 0 Å². The van der Waals surface area contributed by atoms with Crippen LogP contribution in [0, 0.1) is 0 Å². The molecule has 2 saturated heterocycles. The van der Waals surface area contributed by atoms with Gasteiger partial charge in [-0.2, -0.15) is 0 Å². The summed E-state index contributed by atoms with van der Waals surface area (Å²) in [4.78, 5) is 5.49. The number of fused-ring (bicyclic) bond motifs is 1. The first kappa shape index (κ1) is 21.2. The van der Waals surface area contributed by atoms with E-state index in [2.05, 4.69) is 102 Å². The van der Waals surface area contributed by atoms with E-state index in [1.165, 1.54) is 36.1 Å². The van der Waals surface area contributed by atoms with E-state index in [-0.39, 0.29) is 0 Å². The number of benzene rings is 3. The highest BCUT2D eigenvalue weighted by atomic mass is 16.5. The minimum atomic E-state index is 0.378. The van der Waals surface area contributed by atoms with E-state index in [9.17, 15) is 0 Å². The van der Waals surface area contributed by atoms with Crippen LogP contribution in [0.25, 0.3) is 0 Å². The topological polar surface area (TPSA) is 15.7 Å². The number of piperazine rings is 1. The lowest BCUT2D eigenvalue weighted by Crippen LogP contribution is -2.57. The highest BCUT2D eigenvalue weighted by Crippen LogP contribution is 2.38. The highest BCUT2D eigenvalue weighted by Gasteiger charge is 2.41. The quantitative estimate of drug-likeness (QED) is 0.491. The SMILES string of the molecule is CCOc1ccccc1CN1C[C@@H]2CCCN2[C@H](C(c2ccccc2)c2ccccc2)C1.